The third-order valence-electron chi connectivity index (χ3n) is 2.80. The minimum Gasteiger partial charge on any atom is -0.321 e. The van der Waals surface area contributed by atoms with Crippen LogP contribution in [0.5, 0.6) is 0 Å². The van der Waals surface area contributed by atoms with E-state index in [0.29, 0.717) is 5.56 Å². The third kappa shape index (κ3) is 3.80. The number of hydrogen-bond acceptors (Lipinski definition) is 3. The van der Waals surface area contributed by atoms with Crippen molar-refractivity contribution in [1.29, 1.82) is 0 Å². The van der Waals surface area contributed by atoms with Crippen molar-refractivity contribution in [2.45, 2.75) is 4.90 Å². The fourth-order valence-electron chi connectivity index (χ4n) is 1.71. The van der Waals surface area contributed by atoms with Crippen molar-refractivity contribution in [2.24, 2.45) is 0 Å². The summed E-state index contributed by atoms with van der Waals surface area (Å²) in [4.78, 5) is 12.2. The van der Waals surface area contributed by atoms with E-state index >= 15 is 0 Å². The van der Waals surface area contributed by atoms with Gasteiger partial charge >= 0.3 is 0 Å². The van der Waals surface area contributed by atoms with Gasteiger partial charge in [-0.05, 0) is 66.0 Å². The predicted octanol–water partition coefficient (Wildman–Crippen LogP) is 2.45. The Morgan fingerprint density at radius 2 is 1.67 bits per heavy atom. The number of carbonyl (C=O) groups is 1. The van der Waals surface area contributed by atoms with Crippen LogP contribution in [0.4, 0.5) is 5.69 Å². The van der Waals surface area contributed by atoms with Gasteiger partial charge in [0.25, 0.3) is 5.91 Å². The molecule has 2 aromatic carbocycles. The van der Waals surface area contributed by atoms with E-state index in [2.05, 4.69) is 32.6 Å². The van der Waals surface area contributed by atoms with Gasteiger partial charge in [-0.2, -0.15) is 0 Å². The van der Waals surface area contributed by atoms with Crippen molar-refractivity contribution in [2.75, 3.05) is 12.4 Å². The lowest BCUT2D eigenvalue weighted by atomic mass is 10.2. The lowest BCUT2D eigenvalue weighted by molar-refractivity contribution is 0.102. The zero-order valence-corrected chi connectivity index (χ0v) is 14.1. The second kappa shape index (κ2) is 6.54. The second-order valence-corrected chi connectivity index (χ2v) is 7.27. The average Bonchev–Trinajstić information content (AvgIpc) is 2.48. The van der Waals surface area contributed by atoms with Gasteiger partial charge in [0.05, 0.1) is 5.69 Å². The highest BCUT2D eigenvalue weighted by molar-refractivity contribution is 14.1. The van der Waals surface area contributed by atoms with Crippen molar-refractivity contribution in [1.82, 2.24) is 4.72 Å². The summed E-state index contributed by atoms with van der Waals surface area (Å²) in [6, 6.07) is 13.3. The number of nitrogens with one attached hydrogen (secondary N) is 2. The Bertz CT molecular complexity index is 758. The van der Waals surface area contributed by atoms with Gasteiger partial charge in [-0.15, -0.1) is 0 Å². The standard InChI is InChI=1S/C14H13IN2O3S/c1-16-21(19,20)13-5-3-2-4-12(13)17-14(18)10-6-8-11(15)9-7-10/h2-9,16H,1H3,(H,17,18). The monoisotopic (exact) mass is 416 g/mol. The van der Waals surface area contributed by atoms with Crippen LogP contribution in [0.25, 0.3) is 0 Å². The molecule has 7 heteroatoms. The first-order valence-corrected chi connectivity index (χ1v) is 8.60. The van der Waals surface area contributed by atoms with E-state index in [1.165, 1.54) is 13.1 Å². The molecule has 0 aliphatic heterocycles. The number of sulfonamides is 1. The molecular formula is C14H13IN2O3S. The number of benzene rings is 2. The smallest absolute Gasteiger partial charge is 0.255 e. The van der Waals surface area contributed by atoms with Crippen molar-refractivity contribution >= 4 is 44.2 Å². The van der Waals surface area contributed by atoms with Crippen LogP contribution in [0.3, 0.4) is 0 Å². The van der Waals surface area contributed by atoms with Gasteiger partial charge in [-0.25, -0.2) is 13.1 Å². The van der Waals surface area contributed by atoms with Crippen molar-refractivity contribution in [3.8, 4) is 0 Å². The van der Waals surface area contributed by atoms with Gasteiger partial charge in [0.15, 0.2) is 0 Å². The van der Waals surface area contributed by atoms with Gasteiger partial charge in [0, 0.05) is 9.13 Å². The molecule has 0 saturated carbocycles. The van der Waals surface area contributed by atoms with Gasteiger partial charge in [-0.1, -0.05) is 12.1 Å². The molecule has 21 heavy (non-hydrogen) atoms. The molecule has 0 spiro atoms. The first kappa shape index (κ1) is 15.9. The Morgan fingerprint density at radius 1 is 1.05 bits per heavy atom. The molecule has 0 saturated heterocycles. The summed E-state index contributed by atoms with van der Waals surface area (Å²) in [5.74, 6) is -0.356. The molecule has 0 unspecified atom stereocenters. The summed E-state index contributed by atoms with van der Waals surface area (Å²) in [6.07, 6.45) is 0. The molecule has 0 aliphatic carbocycles. The number of anilines is 1. The fourth-order valence-corrected chi connectivity index (χ4v) is 2.96. The lowest BCUT2D eigenvalue weighted by Gasteiger charge is -2.11. The molecule has 1 amide bonds. The van der Waals surface area contributed by atoms with E-state index in [9.17, 15) is 13.2 Å². The number of hydrogen-bond donors (Lipinski definition) is 2. The zero-order valence-electron chi connectivity index (χ0n) is 11.1. The van der Waals surface area contributed by atoms with Crippen molar-refractivity contribution in [3.05, 3.63) is 57.7 Å². The van der Waals surface area contributed by atoms with Crippen LogP contribution in [-0.4, -0.2) is 21.4 Å². The summed E-state index contributed by atoms with van der Waals surface area (Å²) in [5, 5.41) is 2.63. The molecule has 2 N–H and O–H groups in total. The Labute approximate surface area is 137 Å². The second-order valence-electron chi connectivity index (χ2n) is 4.16. The van der Waals surface area contributed by atoms with Crippen LogP contribution < -0.4 is 10.0 Å². The van der Waals surface area contributed by atoms with Gasteiger partial charge in [-0.3, -0.25) is 4.79 Å². The van der Waals surface area contributed by atoms with Crippen LogP contribution in [0.15, 0.2) is 53.4 Å². The molecule has 5 nitrogen and oxygen atoms in total. The summed E-state index contributed by atoms with van der Waals surface area (Å²) in [7, 11) is -2.30. The van der Waals surface area contributed by atoms with Crippen molar-refractivity contribution in [3.63, 3.8) is 0 Å². The minimum absolute atomic E-state index is 0.0337. The van der Waals surface area contributed by atoms with Crippen LogP contribution in [0, 0.1) is 3.57 Å². The zero-order chi connectivity index (χ0) is 15.5. The summed E-state index contributed by atoms with van der Waals surface area (Å²) in [6.45, 7) is 0. The Balaban J connectivity index is 2.32. The summed E-state index contributed by atoms with van der Waals surface area (Å²) < 4.78 is 27.1. The van der Waals surface area contributed by atoms with Crippen LogP contribution >= 0.6 is 22.6 Å². The number of carbonyl (C=O) groups excluding carboxylic acids is 1. The summed E-state index contributed by atoms with van der Waals surface area (Å²) in [5.41, 5.74) is 0.711. The molecule has 0 fully saturated rings. The average molecular weight is 416 g/mol. The van der Waals surface area contributed by atoms with Gasteiger partial charge in [0.1, 0.15) is 4.90 Å². The van der Waals surface area contributed by atoms with Crippen LogP contribution in [-0.2, 0) is 10.0 Å². The first-order chi connectivity index (χ1) is 9.94. The molecule has 0 radical (unpaired) electrons. The van der Waals surface area contributed by atoms with E-state index in [0.717, 1.165) is 3.57 Å². The topological polar surface area (TPSA) is 75.3 Å². The van der Waals surface area contributed by atoms with E-state index in [1.807, 2.05) is 12.1 Å². The number of amides is 1. The molecule has 2 rings (SSSR count). The maximum absolute atomic E-state index is 12.2. The molecular weight excluding hydrogens is 403 g/mol. The van der Waals surface area contributed by atoms with Gasteiger partial charge < -0.3 is 5.32 Å². The Morgan fingerprint density at radius 3 is 2.29 bits per heavy atom. The van der Waals surface area contributed by atoms with E-state index in [4.69, 9.17) is 0 Å². The molecule has 0 atom stereocenters. The van der Waals surface area contributed by atoms with E-state index in [-0.39, 0.29) is 16.5 Å². The quantitative estimate of drug-likeness (QED) is 0.753. The highest BCUT2D eigenvalue weighted by Crippen LogP contribution is 2.21. The van der Waals surface area contributed by atoms with Gasteiger partial charge in [0.2, 0.25) is 10.0 Å². The van der Waals surface area contributed by atoms with Crippen molar-refractivity contribution < 1.29 is 13.2 Å². The molecule has 0 aromatic heterocycles. The maximum Gasteiger partial charge on any atom is 0.255 e. The molecule has 0 heterocycles. The number of para-hydroxylation sites is 1. The SMILES string of the molecule is CNS(=O)(=O)c1ccccc1NC(=O)c1ccc(I)cc1. The maximum atomic E-state index is 12.2. The predicted molar refractivity (Wildman–Crippen MR) is 89.8 cm³/mol. The highest BCUT2D eigenvalue weighted by Gasteiger charge is 2.17. The first-order valence-electron chi connectivity index (χ1n) is 6.03. The third-order valence-corrected chi connectivity index (χ3v) is 4.99. The van der Waals surface area contributed by atoms with E-state index < -0.39 is 10.0 Å². The normalized spacial score (nSPS) is 11.1. The Kier molecular flexibility index (Phi) is 4.96. The highest BCUT2D eigenvalue weighted by atomic mass is 127. The van der Waals surface area contributed by atoms with E-state index in [1.54, 1.807) is 30.3 Å². The molecule has 110 valence electrons. The van der Waals surface area contributed by atoms with Crippen LogP contribution in [0.2, 0.25) is 0 Å². The fraction of sp³-hybridized carbons (Fsp3) is 0.0714. The Hall–Kier alpha value is -1.45. The minimum atomic E-state index is -3.63. The number of rotatable bonds is 4. The molecule has 0 bridgehead atoms. The molecule has 0 aliphatic rings. The largest absolute Gasteiger partial charge is 0.321 e. The summed E-state index contributed by atoms with van der Waals surface area (Å²) >= 11 is 2.14. The number of halogens is 1. The van der Waals surface area contributed by atoms with Crippen LogP contribution in [0.1, 0.15) is 10.4 Å². The lowest BCUT2D eigenvalue weighted by Crippen LogP contribution is -2.21. The molecule has 2 aromatic rings.